The number of aromatic nitrogens is 1. The van der Waals surface area contributed by atoms with Crippen LogP contribution in [0.15, 0.2) is 59.2 Å². The molecule has 0 unspecified atom stereocenters. The lowest BCUT2D eigenvalue weighted by atomic mass is 10.0. The van der Waals surface area contributed by atoms with Gasteiger partial charge in [0.25, 0.3) is 0 Å². The predicted molar refractivity (Wildman–Crippen MR) is 94.2 cm³/mol. The van der Waals surface area contributed by atoms with Crippen LogP contribution < -0.4 is 5.32 Å². The molecule has 5 heteroatoms. The molecule has 3 aromatic rings. The van der Waals surface area contributed by atoms with Crippen LogP contribution in [0, 0.1) is 6.92 Å². The number of ketones is 1. The van der Waals surface area contributed by atoms with Gasteiger partial charge >= 0.3 is 0 Å². The van der Waals surface area contributed by atoms with E-state index in [0.29, 0.717) is 10.0 Å². The van der Waals surface area contributed by atoms with Gasteiger partial charge in [0.2, 0.25) is 5.78 Å². The Labute approximate surface area is 141 Å². The quantitative estimate of drug-likeness (QED) is 0.640. The highest BCUT2D eigenvalue weighted by Gasteiger charge is 2.14. The fourth-order valence-corrected chi connectivity index (χ4v) is 3.28. The van der Waals surface area contributed by atoms with E-state index in [2.05, 4.69) is 26.2 Å². The van der Waals surface area contributed by atoms with E-state index < -0.39 is 0 Å². The molecule has 0 fully saturated rings. The number of halogens is 1. The summed E-state index contributed by atoms with van der Waals surface area (Å²) in [5.41, 5.74) is 2.63. The number of hydrogen-bond donors (Lipinski definition) is 1. The smallest absolute Gasteiger partial charge is 0.204 e. The van der Waals surface area contributed by atoms with Gasteiger partial charge in [-0.1, -0.05) is 57.6 Å². The fourth-order valence-electron chi connectivity index (χ4n) is 2.09. The number of benzene rings is 2. The van der Waals surface area contributed by atoms with E-state index in [9.17, 15) is 4.79 Å². The Bertz CT molecular complexity index is 829. The molecule has 110 valence electrons. The molecule has 3 nitrogen and oxygen atoms in total. The first-order valence-corrected chi connectivity index (χ1v) is 8.33. The van der Waals surface area contributed by atoms with E-state index in [4.69, 9.17) is 0 Å². The van der Waals surface area contributed by atoms with Crippen LogP contribution in [0.3, 0.4) is 0 Å². The molecule has 1 aromatic heterocycles. The van der Waals surface area contributed by atoms with Gasteiger partial charge in [0, 0.05) is 15.7 Å². The SMILES string of the molecule is Cc1ccccc1C(=O)c1cnc(Nc2cccc(Br)c2)s1. The number of carbonyl (C=O) groups excluding carboxylic acids is 1. The van der Waals surface area contributed by atoms with Gasteiger partial charge in [-0.15, -0.1) is 0 Å². The molecule has 0 saturated heterocycles. The van der Waals surface area contributed by atoms with Crippen LogP contribution in [0.2, 0.25) is 0 Å². The summed E-state index contributed by atoms with van der Waals surface area (Å²) in [4.78, 5) is 17.4. The van der Waals surface area contributed by atoms with Gasteiger partial charge < -0.3 is 5.32 Å². The van der Waals surface area contributed by atoms with Crippen LogP contribution in [0.5, 0.6) is 0 Å². The minimum absolute atomic E-state index is 0.0119. The molecule has 0 amide bonds. The number of nitrogens with zero attached hydrogens (tertiary/aromatic N) is 1. The number of aryl methyl sites for hydroxylation is 1. The Morgan fingerprint density at radius 2 is 2.00 bits per heavy atom. The summed E-state index contributed by atoms with van der Waals surface area (Å²) in [5, 5.41) is 3.92. The van der Waals surface area contributed by atoms with E-state index in [1.807, 2.05) is 55.5 Å². The molecule has 2 aromatic carbocycles. The lowest BCUT2D eigenvalue weighted by Gasteiger charge is -2.03. The zero-order valence-electron chi connectivity index (χ0n) is 11.8. The van der Waals surface area contributed by atoms with Crippen molar-refractivity contribution in [1.82, 2.24) is 4.98 Å². The number of anilines is 2. The summed E-state index contributed by atoms with van der Waals surface area (Å²) in [6, 6.07) is 15.4. The summed E-state index contributed by atoms with van der Waals surface area (Å²) in [6.45, 7) is 1.94. The van der Waals surface area contributed by atoms with Crippen molar-refractivity contribution in [3.63, 3.8) is 0 Å². The molecule has 1 N–H and O–H groups in total. The van der Waals surface area contributed by atoms with Gasteiger partial charge in [0.05, 0.1) is 11.1 Å². The van der Waals surface area contributed by atoms with Crippen molar-refractivity contribution in [2.45, 2.75) is 6.92 Å². The van der Waals surface area contributed by atoms with Gasteiger partial charge in [0.1, 0.15) is 0 Å². The molecular formula is C17H13BrN2OS. The standard InChI is InChI=1S/C17H13BrN2OS/c1-11-5-2-3-8-14(11)16(21)15-10-19-17(22-15)20-13-7-4-6-12(18)9-13/h2-10H,1H3,(H,19,20). The topological polar surface area (TPSA) is 42.0 Å². The maximum absolute atomic E-state index is 12.5. The fraction of sp³-hybridized carbons (Fsp3) is 0.0588. The highest BCUT2D eigenvalue weighted by molar-refractivity contribution is 9.10. The van der Waals surface area contributed by atoms with E-state index in [0.717, 1.165) is 21.3 Å². The third-order valence-corrected chi connectivity index (χ3v) is 4.60. The average Bonchev–Trinajstić information content (AvgIpc) is 2.95. The molecule has 0 atom stereocenters. The molecule has 0 aliphatic rings. The molecular weight excluding hydrogens is 360 g/mol. The predicted octanol–water partition coefficient (Wildman–Crippen LogP) is 5.19. The van der Waals surface area contributed by atoms with E-state index in [1.54, 1.807) is 6.20 Å². The number of nitrogens with one attached hydrogen (secondary N) is 1. The zero-order chi connectivity index (χ0) is 15.5. The van der Waals surface area contributed by atoms with Gasteiger partial charge in [-0.3, -0.25) is 4.79 Å². The molecule has 0 aliphatic carbocycles. The molecule has 0 bridgehead atoms. The number of rotatable bonds is 4. The monoisotopic (exact) mass is 372 g/mol. The Morgan fingerprint density at radius 3 is 2.77 bits per heavy atom. The van der Waals surface area contributed by atoms with Gasteiger partial charge in [0.15, 0.2) is 5.13 Å². The zero-order valence-corrected chi connectivity index (χ0v) is 14.2. The van der Waals surface area contributed by atoms with E-state index >= 15 is 0 Å². The first kappa shape index (κ1) is 14.9. The lowest BCUT2D eigenvalue weighted by Crippen LogP contribution is -2.00. The van der Waals surface area contributed by atoms with Crippen LogP contribution in [0.25, 0.3) is 0 Å². The van der Waals surface area contributed by atoms with Gasteiger partial charge in [-0.25, -0.2) is 4.98 Å². The van der Waals surface area contributed by atoms with Crippen molar-refractivity contribution in [1.29, 1.82) is 0 Å². The highest BCUT2D eigenvalue weighted by atomic mass is 79.9. The summed E-state index contributed by atoms with van der Waals surface area (Å²) < 4.78 is 0.991. The number of thiazole rings is 1. The number of hydrogen-bond acceptors (Lipinski definition) is 4. The lowest BCUT2D eigenvalue weighted by molar-refractivity contribution is 0.104. The molecule has 0 aliphatic heterocycles. The van der Waals surface area contributed by atoms with Gasteiger partial charge in [-0.05, 0) is 30.7 Å². The van der Waals surface area contributed by atoms with E-state index in [1.165, 1.54) is 11.3 Å². The molecule has 3 rings (SSSR count). The maximum Gasteiger partial charge on any atom is 0.204 e. The van der Waals surface area contributed by atoms with Gasteiger partial charge in [-0.2, -0.15) is 0 Å². The molecule has 22 heavy (non-hydrogen) atoms. The first-order chi connectivity index (χ1) is 10.6. The second-order valence-corrected chi connectivity index (χ2v) is 6.76. The Morgan fingerprint density at radius 1 is 1.18 bits per heavy atom. The summed E-state index contributed by atoms with van der Waals surface area (Å²) in [7, 11) is 0. The number of carbonyl (C=O) groups is 1. The Hall–Kier alpha value is -1.98. The van der Waals surface area contributed by atoms with Crippen molar-refractivity contribution in [3.8, 4) is 0 Å². The molecule has 0 spiro atoms. The minimum Gasteiger partial charge on any atom is -0.332 e. The maximum atomic E-state index is 12.5. The molecule has 0 radical (unpaired) electrons. The van der Waals surface area contributed by atoms with Crippen molar-refractivity contribution < 1.29 is 4.79 Å². The van der Waals surface area contributed by atoms with Crippen LogP contribution >= 0.6 is 27.3 Å². The van der Waals surface area contributed by atoms with Crippen molar-refractivity contribution in [2.75, 3.05) is 5.32 Å². The Balaban J connectivity index is 1.82. The van der Waals surface area contributed by atoms with Crippen LogP contribution in [0.1, 0.15) is 20.8 Å². The normalized spacial score (nSPS) is 10.5. The third kappa shape index (κ3) is 3.26. The summed E-state index contributed by atoms with van der Waals surface area (Å²) in [6.07, 6.45) is 1.62. The Kier molecular flexibility index (Phi) is 4.36. The van der Waals surface area contributed by atoms with Crippen LogP contribution in [0.4, 0.5) is 10.8 Å². The van der Waals surface area contributed by atoms with Crippen molar-refractivity contribution in [3.05, 3.63) is 75.2 Å². The summed E-state index contributed by atoms with van der Waals surface area (Å²) in [5.74, 6) is 0.0119. The largest absolute Gasteiger partial charge is 0.332 e. The first-order valence-electron chi connectivity index (χ1n) is 6.72. The highest BCUT2D eigenvalue weighted by Crippen LogP contribution is 2.26. The van der Waals surface area contributed by atoms with Crippen molar-refractivity contribution in [2.24, 2.45) is 0 Å². The second-order valence-electron chi connectivity index (χ2n) is 4.81. The minimum atomic E-state index is 0.0119. The van der Waals surface area contributed by atoms with Crippen LogP contribution in [-0.2, 0) is 0 Å². The molecule has 1 heterocycles. The average molecular weight is 373 g/mol. The van der Waals surface area contributed by atoms with Crippen LogP contribution in [-0.4, -0.2) is 10.8 Å². The van der Waals surface area contributed by atoms with E-state index in [-0.39, 0.29) is 5.78 Å². The molecule has 0 saturated carbocycles. The third-order valence-electron chi connectivity index (χ3n) is 3.20. The van der Waals surface area contributed by atoms with Crippen molar-refractivity contribution >= 4 is 43.9 Å². The second kappa shape index (κ2) is 6.42. The summed E-state index contributed by atoms with van der Waals surface area (Å²) >= 11 is 4.79.